The van der Waals surface area contributed by atoms with Gasteiger partial charge in [0.25, 0.3) is 0 Å². The van der Waals surface area contributed by atoms with Crippen molar-refractivity contribution >= 4 is 0 Å². The molecule has 1 aromatic rings. The minimum atomic E-state index is 0.748. The van der Waals surface area contributed by atoms with Gasteiger partial charge < -0.3 is 22.1 Å². The molecule has 4 heteroatoms. The van der Waals surface area contributed by atoms with E-state index in [1.165, 1.54) is 11.1 Å². The van der Waals surface area contributed by atoms with Crippen molar-refractivity contribution in [1.82, 2.24) is 10.6 Å². The minimum absolute atomic E-state index is 0.748. The lowest BCUT2D eigenvalue weighted by Gasteiger charge is -2.08. The summed E-state index contributed by atoms with van der Waals surface area (Å²) < 4.78 is 0. The van der Waals surface area contributed by atoms with Gasteiger partial charge in [0.2, 0.25) is 0 Å². The average molecular weight is 250 g/mol. The molecule has 0 aromatic heterocycles. The van der Waals surface area contributed by atoms with E-state index in [2.05, 4.69) is 34.9 Å². The Morgan fingerprint density at radius 1 is 0.833 bits per heavy atom. The van der Waals surface area contributed by atoms with Gasteiger partial charge in [-0.2, -0.15) is 0 Å². The molecule has 0 bridgehead atoms. The van der Waals surface area contributed by atoms with E-state index in [9.17, 15) is 0 Å². The topological polar surface area (TPSA) is 76.1 Å². The molecule has 0 radical (unpaired) electrons. The zero-order valence-electron chi connectivity index (χ0n) is 11.1. The fourth-order valence-electron chi connectivity index (χ4n) is 1.77. The van der Waals surface area contributed by atoms with Gasteiger partial charge in [0.15, 0.2) is 0 Å². The lowest BCUT2D eigenvalue weighted by molar-refractivity contribution is 0.647. The van der Waals surface area contributed by atoms with Crippen LogP contribution in [0.15, 0.2) is 24.3 Å². The van der Waals surface area contributed by atoms with Crippen molar-refractivity contribution in [1.29, 1.82) is 0 Å². The number of nitrogens with one attached hydrogen (secondary N) is 2. The van der Waals surface area contributed by atoms with E-state index in [0.717, 1.165) is 52.1 Å². The number of hydrogen-bond donors (Lipinski definition) is 4. The van der Waals surface area contributed by atoms with E-state index in [4.69, 9.17) is 11.5 Å². The predicted octanol–water partition coefficient (Wildman–Crippen LogP) is 0.563. The van der Waals surface area contributed by atoms with Crippen molar-refractivity contribution in [2.75, 3.05) is 26.2 Å². The third-order valence-electron chi connectivity index (χ3n) is 2.76. The van der Waals surface area contributed by atoms with Gasteiger partial charge in [-0.05, 0) is 50.1 Å². The largest absolute Gasteiger partial charge is 0.330 e. The van der Waals surface area contributed by atoms with Gasteiger partial charge in [0, 0.05) is 13.1 Å². The summed E-state index contributed by atoms with van der Waals surface area (Å²) in [5, 5.41) is 6.78. The van der Waals surface area contributed by atoms with Crippen molar-refractivity contribution in [2.24, 2.45) is 11.5 Å². The van der Waals surface area contributed by atoms with Gasteiger partial charge in [0.1, 0.15) is 0 Å². The first-order valence-electron chi connectivity index (χ1n) is 6.76. The van der Waals surface area contributed by atoms with Crippen molar-refractivity contribution in [3.05, 3.63) is 35.4 Å². The zero-order chi connectivity index (χ0) is 13.1. The first-order chi connectivity index (χ1) is 8.86. The molecule has 0 heterocycles. The highest BCUT2D eigenvalue weighted by molar-refractivity contribution is 5.23. The average Bonchev–Trinajstić information content (AvgIpc) is 2.40. The van der Waals surface area contributed by atoms with Crippen LogP contribution in [0, 0.1) is 0 Å². The highest BCUT2D eigenvalue weighted by atomic mass is 14.9. The number of hydrogen-bond acceptors (Lipinski definition) is 4. The normalized spacial score (nSPS) is 10.8. The highest BCUT2D eigenvalue weighted by Crippen LogP contribution is 2.05. The summed E-state index contributed by atoms with van der Waals surface area (Å²) in [5.74, 6) is 0. The Balaban J connectivity index is 2.27. The second-order valence-electron chi connectivity index (χ2n) is 4.46. The molecule has 102 valence electrons. The van der Waals surface area contributed by atoms with E-state index in [-0.39, 0.29) is 0 Å². The Bertz CT molecular complexity index is 287. The van der Waals surface area contributed by atoms with Crippen molar-refractivity contribution in [3.8, 4) is 0 Å². The monoisotopic (exact) mass is 250 g/mol. The lowest BCUT2D eigenvalue weighted by Crippen LogP contribution is -2.19. The van der Waals surface area contributed by atoms with E-state index in [1.54, 1.807) is 0 Å². The molecule has 0 spiro atoms. The molecule has 0 saturated heterocycles. The summed E-state index contributed by atoms with van der Waals surface area (Å²) >= 11 is 0. The van der Waals surface area contributed by atoms with Crippen LogP contribution in [0.3, 0.4) is 0 Å². The molecule has 0 unspecified atom stereocenters. The summed E-state index contributed by atoms with van der Waals surface area (Å²) in [6.07, 6.45) is 2.06. The van der Waals surface area contributed by atoms with E-state index >= 15 is 0 Å². The van der Waals surface area contributed by atoms with Crippen LogP contribution in [-0.2, 0) is 13.1 Å². The van der Waals surface area contributed by atoms with Gasteiger partial charge in [0.05, 0.1) is 0 Å². The Morgan fingerprint density at radius 3 is 1.78 bits per heavy atom. The maximum Gasteiger partial charge on any atom is 0.0205 e. The van der Waals surface area contributed by atoms with Crippen LogP contribution < -0.4 is 22.1 Å². The van der Waals surface area contributed by atoms with E-state index in [0.29, 0.717) is 0 Å². The second kappa shape index (κ2) is 10.0. The molecule has 1 rings (SSSR count). The van der Waals surface area contributed by atoms with Crippen molar-refractivity contribution < 1.29 is 0 Å². The SMILES string of the molecule is NCCCNCc1cccc(CNCCCN)c1. The zero-order valence-corrected chi connectivity index (χ0v) is 11.1. The molecule has 0 aliphatic heterocycles. The van der Waals surface area contributed by atoms with Crippen molar-refractivity contribution in [2.45, 2.75) is 25.9 Å². The van der Waals surface area contributed by atoms with E-state index < -0.39 is 0 Å². The third-order valence-corrected chi connectivity index (χ3v) is 2.76. The van der Waals surface area contributed by atoms with Crippen LogP contribution in [0.5, 0.6) is 0 Å². The van der Waals surface area contributed by atoms with Crippen LogP contribution in [0.4, 0.5) is 0 Å². The number of benzene rings is 1. The van der Waals surface area contributed by atoms with Crippen LogP contribution in [0.2, 0.25) is 0 Å². The molecule has 6 N–H and O–H groups in total. The fourth-order valence-corrected chi connectivity index (χ4v) is 1.77. The molecule has 0 amide bonds. The highest BCUT2D eigenvalue weighted by Gasteiger charge is 1.96. The lowest BCUT2D eigenvalue weighted by atomic mass is 10.1. The summed E-state index contributed by atoms with van der Waals surface area (Å²) in [6.45, 7) is 5.29. The second-order valence-corrected chi connectivity index (χ2v) is 4.46. The Morgan fingerprint density at radius 2 is 1.33 bits per heavy atom. The summed E-state index contributed by atoms with van der Waals surface area (Å²) in [6, 6.07) is 8.66. The number of nitrogens with two attached hydrogens (primary N) is 2. The first-order valence-corrected chi connectivity index (χ1v) is 6.76. The molecule has 4 nitrogen and oxygen atoms in total. The molecule has 0 aliphatic rings. The fraction of sp³-hybridized carbons (Fsp3) is 0.571. The van der Waals surface area contributed by atoms with Crippen LogP contribution in [0.25, 0.3) is 0 Å². The van der Waals surface area contributed by atoms with Crippen molar-refractivity contribution in [3.63, 3.8) is 0 Å². The molecule has 0 fully saturated rings. The maximum absolute atomic E-state index is 5.45. The van der Waals surface area contributed by atoms with Gasteiger partial charge in [-0.15, -0.1) is 0 Å². The standard InChI is InChI=1S/C14H26N4/c15-6-2-8-17-11-13-4-1-5-14(10-13)12-18-9-3-7-16/h1,4-5,10,17-18H,2-3,6-9,11-12,15-16H2. The molecule has 18 heavy (non-hydrogen) atoms. The molecular weight excluding hydrogens is 224 g/mol. The number of rotatable bonds is 10. The Hall–Kier alpha value is -0.940. The minimum Gasteiger partial charge on any atom is -0.330 e. The summed E-state index contributed by atoms with van der Waals surface area (Å²) in [5.41, 5.74) is 13.6. The van der Waals surface area contributed by atoms with Gasteiger partial charge in [-0.3, -0.25) is 0 Å². The van der Waals surface area contributed by atoms with E-state index in [1.807, 2.05) is 0 Å². The van der Waals surface area contributed by atoms with Crippen LogP contribution >= 0.6 is 0 Å². The van der Waals surface area contributed by atoms with Gasteiger partial charge in [-0.1, -0.05) is 24.3 Å². The maximum atomic E-state index is 5.45. The molecule has 0 aliphatic carbocycles. The van der Waals surface area contributed by atoms with Crippen LogP contribution in [0.1, 0.15) is 24.0 Å². The van der Waals surface area contributed by atoms with Gasteiger partial charge in [-0.25, -0.2) is 0 Å². The quantitative estimate of drug-likeness (QED) is 0.458. The molecular formula is C14H26N4. The Kier molecular flexibility index (Phi) is 8.42. The summed E-state index contributed by atoms with van der Waals surface area (Å²) in [4.78, 5) is 0. The molecule has 0 atom stereocenters. The Labute approximate surface area is 110 Å². The molecule has 0 saturated carbocycles. The smallest absolute Gasteiger partial charge is 0.0205 e. The van der Waals surface area contributed by atoms with Crippen LogP contribution in [-0.4, -0.2) is 26.2 Å². The first kappa shape index (κ1) is 15.1. The predicted molar refractivity (Wildman–Crippen MR) is 77.2 cm³/mol. The summed E-state index contributed by atoms with van der Waals surface area (Å²) in [7, 11) is 0. The molecule has 1 aromatic carbocycles. The third kappa shape index (κ3) is 6.71. The van der Waals surface area contributed by atoms with Gasteiger partial charge >= 0.3 is 0 Å².